The van der Waals surface area contributed by atoms with Crippen molar-refractivity contribution in [1.29, 1.82) is 5.41 Å². The van der Waals surface area contributed by atoms with Gasteiger partial charge in [0.05, 0.1) is 11.0 Å². The number of fused-ring (bicyclic) bond motifs is 1. The zero-order valence-electron chi connectivity index (χ0n) is 27.5. The molecule has 0 aliphatic carbocycles. The predicted octanol–water partition coefficient (Wildman–Crippen LogP) is 6.54. The highest BCUT2D eigenvalue weighted by atomic mass is 35.5. The molecule has 1 aliphatic heterocycles. The van der Waals surface area contributed by atoms with Crippen LogP contribution in [0, 0.1) is 5.41 Å². The number of nitrogen functional groups attached to an aromatic ring is 1. The van der Waals surface area contributed by atoms with Gasteiger partial charge in [-0.15, -0.1) is 0 Å². The fourth-order valence-corrected chi connectivity index (χ4v) is 6.80. The van der Waals surface area contributed by atoms with Crippen LogP contribution in [0.25, 0.3) is 11.0 Å². The van der Waals surface area contributed by atoms with Crippen LogP contribution in [0.4, 0.5) is 0 Å². The Balaban J connectivity index is 1.29. The number of hydrogen-bond donors (Lipinski definition) is 3. The third kappa shape index (κ3) is 7.96. The van der Waals surface area contributed by atoms with Crippen molar-refractivity contribution in [3.8, 4) is 0 Å². The molecule has 0 spiro atoms. The van der Waals surface area contributed by atoms with Gasteiger partial charge >= 0.3 is 0 Å². The molecule has 6 rings (SSSR count). The number of benzene rings is 4. The molecule has 1 atom stereocenters. The summed E-state index contributed by atoms with van der Waals surface area (Å²) in [6.07, 6.45) is 5.09. The number of nitrogens with two attached hydrogens (primary N) is 2. The Hall–Kier alpha value is -4.50. The van der Waals surface area contributed by atoms with Gasteiger partial charge in [-0.2, -0.15) is 0 Å². The molecule has 8 nitrogen and oxygen atoms in total. The van der Waals surface area contributed by atoms with Crippen molar-refractivity contribution in [1.82, 2.24) is 19.4 Å². The molecule has 0 saturated carbocycles. The van der Waals surface area contributed by atoms with E-state index < -0.39 is 0 Å². The minimum Gasteiger partial charge on any atom is -0.384 e. The number of likely N-dealkylation sites (tertiary alicyclic amines) is 1. The van der Waals surface area contributed by atoms with E-state index in [1.54, 1.807) is 0 Å². The molecule has 1 fully saturated rings. The Kier molecular flexibility index (Phi) is 10.5. The Morgan fingerprint density at radius 1 is 0.896 bits per heavy atom. The first kappa shape index (κ1) is 33.4. The quantitative estimate of drug-likeness (QED) is 0.0978. The molecule has 4 aromatic carbocycles. The zero-order chi connectivity index (χ0) is 33.6. The van der Waals surface area contributed by atoms with Gasteiger partial charge in [0.2, 0.25) is 0 Å². The first-order chi connectivity index (χ1) is 23.3. The Labute approximate surface area is 287 Å². The first-order valence-corrected chi connectivity index (χ1v) is 17.1. The van der Waals surface area contributed by atoms with Gasteiger partial charge in [0.1, 0.15) is 11.7 Å². The number of carbonyl (C=O) groups is 1. The predicted molar refractivity (Wildman–Crippen MR) is 194 cm³/mol. The highest BCUT2D eigenvalue weighted by molar-refractivity contribution is 6.30. The van der Waals surface area contributed by atoms with E-state index in [0.717, 1.165) is 71.5 Å². The van der Waals surface area contributed by atoms with Gasteiger partial charge in [-0.05, 0) is 91.9 Å². The normalized spacial score (nSPS) is 14.9. The number of aromatic nitrogens is 2. The first-order valence-electron chi connectivity index (χ1n) is 16.7. The number of halogens is 1. The van der Waals surface area contributed by atoms with Gasteiger partial charge in [-0.3, -0.25) is 10.2 Å². The van der Waals surface area contributed by atoms with Crippen LogP contribution in [0.15, 0.2) is 91.0 Å². The van der Waals surface area contributed by atoms with Crippen LogP contribution in [0.5, 0.6) is 0 Å². The van der Waals surface area contributed by atoms with E-state index in [9.17, 15) is 4.79 Å². The average molecular weight is 662 g/mol. The van der Waals surface area contributed by atoms with Gasteiger partial charge in [0.25, 0.3) is 5.91 Å². The van der Waals surface area contributed by atoms with Crippen molar-refractivity contribution >= 4 is 34.4 Å². The van der Waals surface area contributed by atoms with Crippen LogP contribution in [-0.4, -0.2) is 50.7 Å². The van der Waals surface area contributed by atoms with Crippen LogP contribution >= 0.6 is 11.6 Å². The molecule has 0 bridgehead atoms. The summed E-state index contributed by atoms with van der Waals surface area (Å²) < 4.78 is 2.35. The number of aryl methyl sites for hydroxylation is 3. The third-order valence-electron chi connectivity index (χ3n) is 9.54. The Morgan fingerprint density at radius 3 is 2.15 bits per heavy atom. The van der Waals surface area contributed by atoms with Crippen LogP contribution in [-0.2, 0) is 39.0 Å². The van der Waals surface area contributed by atoms with E-state index >= 15 is 0 Å². The van der Waals surface area contributed by atoms with Crippen LogP contribution < -0.4 is 11.5 Å². The molecule has 2 heterocycles. The number of imidazole rings is 1. The maximum Gasteiger partial charge on any atom is 0.254 e. The van der Waals surface area contributed by atoms with E-state index in [2.05, 4.69) is 22.6 Å². The molecule has 5 N–H and O–H groups in total. The van der Waals surface area contributed by atoms with Gasteiger partial charge < -0.3 is 25.8 Å². The fraction of sp³-hybridized carbons (Fsp3) is 0.308. The van der Waals surface area contributed by atoms with Gasteiger partial charge in [0, 0.05) is 54.8 Å². The highest BCUT2D eigenvalue weighted by Gasteiger charge is 2.23. The molecule has 1 unspecified atom stereocenters. The summed E-state index contributed by atoms with van der Waals surface area (Å²) in [5, 5.41) is 8.36. The minimum absolute atomic E-state index is 0.0519. The third-order valence-corrected chi connectivity index (χ3v) is 9.79. The molecule has 0 radical (unpaired) electrons. The second-order valence-electron chi connectivity index (χ2n) is 12.9. The summed E-state index contributed by atoms with van der Waals surface area (Å²) in [5.41, 5.74) is 19.0. The average Bonchev–Trinajstić information content (AvgIpc) is 3.68. The van der Waals surface area contributed by atoms with E-state index in [1.165, 1.54) is 18.4 Å². The monoisotopic (exact) mass is 661 g/mol. The number of nitrogens with one attached hydrogen (secondary N) is 1. The minimum atomic E-state index is -0.0519. The van der Waals surface area contributed by atoms with Crippen molar-refractivity contribution in [2.24, 2.45) is 11.5 Å². The largest absolute Gasteiger partial charge is 0.384 e. The number of amides is 1. The van der Waals surface area contributed by atoms with E-state index in [1.807, 2.05) is 89.8 Å². The van der Waals surface area contributed by atoms with Crippen molar-refractivity contribution in [3.63, 3.8) is 0 Å². The number of amidine groups is 1. The molecule has 48 heavy (non-hydrogen) atoms. The summed E-state index contributed by atoms with van der Waals surface area (Å²) in [7, 11) is 2.22. The topological polar surface area (TPSA) is 117 Å². The molecule has 1 aromatic heterocycles. The maximum atomic E-state index is 14.2. The van der Waals surface area contributed by atoms with Crippen LogP contribution in [0.1, 0.15) is 63.3 Å². The number of rotatable bonds is 13. The fourth-order valence-electron chi connectivity index (χ4n) is 6.68. The van der Waals surface area contributed by atoms with Crippen molar-refractivity contribution < 1.29 is 4.79 Å². The molecule has 5 aromatic rings. The number of carbonyl (C=O) groups excluding carboxylic acids is 1. The summed E-state index contributed by atoms with van der Waals surface area (Å²) in [4.78, 5) is 23.7. The lowest BCUT2D eigenvalue weighted by Gasteiger charge is -2.23. The number of nitrogens with zero attached hydrogens (tertiary/aromatic N) is 4. The van der Waals surface area contributed by atoms with Gasteiger partial charge in [0.15, 0.2) is 0 Å². The molecular formula is C39H44ClN7O. The molecule has 1 amide bonds. The SMILES string of the molecule is CN1CCCC1CCn1c(CCc2ccc(C(=N)N)cc2)nc2cc(C(=O)N(Cc3ccc(Cl)cc3)Cc3ccc(CN)cc3)ccc21. The van der Waals surface area contributed by atoms with E-state index in [-0.39, 0.29) is 11.7 Å². The number of hydrogen-bond acceptors (Lipinski definition) is 5. The van der Waals surface area contributed by atoms with Crippen molar-refractivity contribution in [2.75, 3.05) is 13.6 Å². The van der Waals surface area contributed by atoms with Crippen molar-refractivity contribution in [3.05, 3.63) is 135 Å². The summed E-state index contributed by atoms with van der Waals surface area (Å²) in [6.45, 7) is 3.41. The molecule has 1 saturated heterocycles. The Morgan fingerprint density at radius 2 is 1.52 bits per heavy atom. The lowest BCUT2D eigenvalue weighted by molar-refractivity contribution is 0.0730. The van der Waals surface area contributed by atoms with E-state index in [0.29, 0.717) is 36.3 Å². The highest BCUT2D eigenvalue weighted by Crippen LogP contribution is 2.25. The molecule has 248 valence electrons. The molecule has 1 aliphatic rings. The van der Waals surface area contributed by atoms with Crippen LogP contribution in [0.2, 0.25) is 5.02 Å². The lowest BCUT2D eigenvalue weighted by Crippen LogP contribution is -2.30. The van der Waals surface area contributed by atoms with Crippen LogP contribution in [0.3, 0.4) is 0 Å². The Bertz CT molecular complexity index is 1870. The second-order valence-corrected chi connectivity index (χ2v) is 13.3. The summed E-state index contributed by atoms with van der Waals surface area (Å²) in [5.74, 6) is 1.04. The maximum absolute atomic E-state index is 14.2. The summed E-state index contributed by atoms with van der Waals surface area (Å²) in [6, 6.07) is 30.2. The second kappa shape index (κ2) is 15.2. The standard InChI is InChI=1S/C39H44ClN7O/c1-45-21-2-3-34(45)20-22-47-36-18-15-32(23-35(36)44-37(47)19-12-27-8-13-31(14-9-27)38(42)43)39(48)46(26-30-10-16-33(40)17-11-30)25-29-6-4-28(24-41)5-7-29/h4-11,13-18,23,34H,2-3,12,19-22,24-26,41H2,1H3,(H3,42,43). The van der Waals surface area contributed by atoms with Gasteiger partial charge in [-0.25, -0.2) is 4.98 Å². The summed E-state index contributed by atoms with van der Waals surface area (Å²) >= 11 is 6.16. The zero-order valence-corrected chi connectivity index (χ0v) is 28.3. The lowest BCUT2D eigenvalue weighted by atomic mass is 10.1. The van der Waals surface area contributed by atoms with E-state index in [4.69, 9.17) is 33.5 Å². The van der Waals surface area contributed by atoms with Gasteiger partial charge in [-0.1, -0.05) is 72.3 Å². The molecular weight excluding hydrogens is 618 g/mol. The smallest absolute Gasteiger partial charge is 0.254 e. The van der Waals surface area contributed by atoms with Crippen molar-refractivity contribution in [2.45, 2.75) is 64.3 Å². The molecule has 9 heteroatoms.